The second kappa shape index (κ2) is 6.45. The summed E-state index contributed by atoms with van der Waals surface area (Å²) >= 11 is 1.58. The average molecular weight is 329 g/mol. The first-order chi connectivity index (χ1) is 11.1. The number of thiazole rings is 1. The van der Waals surface area contributed by atoms with Crippen molar-refractivity contribution in [2.45, 2.75) is 26.8 Å². The zero-order valence-corrected chi connectivity index (χ0v) is 14.2. The second-order valence-electron chi connectivity index (χ2n) is 5.26. The normalized spacial score (nSPS) is 12.5. The molecule has 3 aromatic rings. The van der Waals surface area contributed by atoms with Crippen LogP contribution in [0.25, 0.3) is 20.9 Å². The Hall–Kier alpha value is -2.28. The van der Waals surface area contributed by atoms with E-state index in [1.54, 1.807) is 27.1 Å². The van der Waals surface area contributed by atoms with Gasteiger partial charge in [-0.3, -0.25) is 4.79 Å². The van der Waals surface area contributed by atoms with Gasteiger partial charge in [-0.1, -0.05) is 17.3 Å². The number of benzene rings is 1. The summed E-state index contributed by atoms with van der Waals surface area (Å²) < 4.78 is 2.73. The highest BCUT2D eigenvalue weighted by Gasteiger charge is 2.22. The summed E-state index contributed by atoms with van der Waals surface area (Å²) in [7, 11) is 0. The first-order valence-corrected chi connectivity index (χ1v) is 8.52. The third kappa shape index (κ3) is 2.96. The van der Waals surface area contributed by atoms with Crippen molar-refractivity contribution in [2.75, 3.05) is 13.1 Å². The maximum Gasteiger partial charge on any atom is 0.247 e. The molecule has 0 saturated carbocycles. The zero-order valence-electron chi connectivity index (χ0n) is 13.4. The Morgan fingerprint density at radius 1 is 1.30 bits per heavy atom. The number of rotatable bonds is 5. The molecule has 1 aromatic carbocycles. The highest BCUT2D eigenvalue weighted by molar-refractivity contribution is 7.21. The van der Waals surface area contributed by atoms with Gasteiger partial charge in [-0.15, -0.1) is 16.4 Å². The van der Waals surface area contributed by atoms with E-state index in [4.69, 9.17) is 0 Å². The van der Waals surface area contributed by atoms with Crippen LogP contribution in [0.1, 0.15) is 26.8 Å². The van der Waals surface area contributed by atoms with E-state index < -0.39 is 0 Å². The van der Waals surface area contributed by atoms with E-state index in [9.17, 15) is 4.79 Å². The molecule has 0 aliphatic heterocycles. The lowest BCUT2D eigenvalue weighted by Crippen LogP contribution is -2.36. The number of amides is 1. The van der Waals surface area contributed by atoms with Gasteiger partial charge in [0.05, 0.1) is 16.4 Å². The minimum absolute atomic E-state index is 0.0516. The van der Waals surface area contributed by atoms with Crippen molar-refractivity contribution < 1.29 is 4.79 Å². The molecule has 0 bridgehead atoms. The number of aromatic nitrogens is 4. The predicted octanol–water partition coefficient (Wildman–Crippen LogP) is 2.98. The molecular formula is C16H19N5OS. The summed E-state index contributed by atoms with van der Waals surface area (Å²) in [4.78, 5) is 18.8. The SMILES string of the molecule is CCN(CC)C(=O)C(C)n1cc(-c2nc3ccccc3s2)nn1. The molecule has 0 fully saturated rings. The quantitative estimate of drug-likeness (QED) is 0.722. The van der Waals surface area contributed by atoms with Crippen LogP contribution in [0.5, 0.6) is 0 Å². The van der Waals surface area contributed by atoms with Gasteiger partial charge in [0, 0.05) is 13.1 Å². The standard InChI is InChI=1S/C16H19N5OS/c1-4-20(5-2)16(22)11(3)21-10-13(18-19-21)15-17-12-8-6-7-9-14(12)23-15/h6-11H,4-5H2,1-3H3. The van der Waals surface area contributed by atoms with E-state index in [0.29, 0.717) is 18.8 Å². The molecule has 23 heavy (non-hydrogen) atoms. The number of fused-ring (bicyclic) bond motifs is 1. The van der Waals surface area contributed by atoms with Gasteiger partial charge in [-0.05, 0) is 32.9 Å². The van der Waals surface area contributed by atoms with Crippen LogP contribution in [0.15, 0.2) is 30.5 Å². The fraction of sp³-hybridized carbons (Fsp3) is 0.375. The Morgan fingerprint density at radius 2 is 2.04 bits per heavy atom. The van der Waals surface area contributed by atoms with E-state index in [1.807, 2.05) is 45.0 Å². The van der Waals surface area contributed by atoms with E-state index in [0.717, 1.165) is 15.2 Å². The van der Waals surface area contributed by atoms with Gasteiger partial charge >= 0.3 is 0 Å². The van der Waals surface area contributed by atoms with Crippen LogP contribution in [-0.2, 0) is 4.79 Å². The molecule has 120 valence electrons. The van der Waals surface area contributed by atoms with E-state index in [2.05, 4.69) is 15.3 Å². The van der Waals surface area contributed by atoms with Gasteiger partial charge in [0.15, 0.2) is 0 Å². The smallest absolute Gasteiger partial charge is 0.247 e. The molecule has 0 saturated heterocycles. The molecule has 0 aliphatic rings. The van der Waals surface area contributed by atoms with Crippen molar-refractivity contribution in [1.29, 1.82) is 0 Å². The van der Waals surface area contributed by atoms with E-state index in [1.165, 1.54) is 0 Å². The number of nitrogens with zero attached hydrogens (tertiary/aromatic N) is 5. The molecule has 2 heterocycles. The highest BCUT2D eigenvalue weighted by Crippen LogP contribution is 2.28. The van der Waals surface area contributed by atoms with Crippen LogP contribution in [-0.4, -0.2) is 43.9 Å². The van der Waals surface area contributed by atoms with Gasteiger partial charge in [0.1, 0.15) is 16.7 Å². The molecule has 1 unspecified atom stereocenters. The lowest BCUT2D eigenvalue weighted by Gasteiger charge is -2.22. The number of likely N-dealkylation sites (N-methyl/N-ethyl adjacent to an activating group) is 1. The number of carbonyl (C=O) groups is 1. The fourth-order valence-electron chi connectivity index (χ4n) is 2.46. The van der Waals surface area contributed by atoms with Crippen LogP contribution in [0, 0.1) is 0 Å². The zero-order chi connectivity index (χ0) is 16.4. The lowest BCUT2D eigenvalue weighted by atomic mass is 10.3. The Balaban J connectivity index is 1.86. The molecule has 0 spiro atoms. The second-order valence-corrected chi connectivity index (χ2v) is 6.29. The van der Waals surface area contributed by atoms with E-state index >= 15 is 0 Å². The topological polar surface area (TPSA) is 63.9 Å². The summed E-state index contributed by atoms with van der Waals surface area (Å²) in [6, 6.07) is 7.60. The Morgan fingerprint density at radius 3 is 2.74 bits per heavy atom. The Labute approximate surface area is 138 Å². The van der Waals surface area contributed by atoms with Crippen LogP contribution >= 0.6 is 11.3 Å². The van der Waals surface area contributed by atoms with E-state index in [-0.39, 0.29) is 11.9 Å². The summed E-state index contributed by atoms with van der Waals surface area (Å²) in [5, 5.41) is 9.13. The molecule has 0 N–H and O–H groups in total. The number of hydrogen-bond donors (Lipinski definition) is 0. The summed E-state index contributed by atoms with van der Waals surface area (Å²) in [5.74, 6) is 0.0516. The summed E-state index contributed by atoms with van der Waals surface area (Å²) in [6.45, 7) is 7.18. The molecule has 3 rings (SSSR count). The molecule has 1 amide bonds. The molecule has 2 aromatic heterocycles. The Bertz CT molecular complexity index is 788. The van der Waals surface area contributed by atoms with Gasteiger partial charge in [-0.25, -0.2) is 9.67 Å². The molecule has 0 radical (unpaired) electrons. The monoisotopic (exact) mass is 329 g/mol. The summed E-state index contributed by atoms with van der Waals surface area (Å²) in [6.07, 6.45) is 1.80. The van der Waals surface area contributed by atoms with Gasteiger partial charge < -0.3 is 4.90 Å². The number of carbonyl (C=O) groups excluding carboxylic acids is 1. The van der Waals surface area contributed by atoms with Crippen molar-refractivity contribution in [3.05, 3.63) is 30.5 Å². The third-order valence-corrected chi connectivity index (χ3v) is 4.91. The van der Waals surface area contributed by atoms with Crippen LogP contribution < -0.4 is 0 Å². The molecular weight excluding hydrogens is 310 g/mol. The predicted molar refractivity (Wildman–Crippen MR) is 91.3 cm³/mol. The Kier molecular flexibility index (Phi) is 4.38. The maximum absolute atomic E-state index is 12.4. The van der Waals surface area contributed by atoms with Gasteiger partial charge in [-0.2, -0.15) is 0 Å². The van der Waals surface area contributed by atoms with Gasteiger partial charge in [0.25, 0.3) is 0 Å². The minimum atomic E-state index is -0.370. The van der Waals surface area contributed by atoms with Crippen molar-refractivity contribution in [2.24, 2.45) is 0 Å². The fourth-order valence-corrected chi connectivity index (χ4v) is 3.37. The van der Waals surface area contributed by atoms with Crippen molar-refractivity contribution in [3.8, 4) is 10.7 Å². The minimum Gasteiger partial charge on any atom is -0.341 e. The first kappa shape index (κ1) is 15.6. The summed E-state index contributed by atoms with van der Waals surface area (Å²) in [5.41, 5.74) is 1.65. The van der Waals surface area contributed by atoms with Crippen LogP contribution in [0.4, 0.5) is 0 Å². The molecule has 1 atom stereocenters. The first-order valence-electron chi connectivity index (χ1n) is 7.70. The maximum atomic E-state index is 12.4. The number of para-hydroxylation sites is 1. The molecule has 7 heteroatoms. The number of hydrogen-bond acceptors (Lipinski definition) is 5. The van der Waals surface area contributed by atoms with Crippen LogP contribution in [0.2, 0.25) is 0 Å². The average Bonchev–Trinajstić information content (AvgIpc) is 3.21. The van der Waals surface area contributed by atoms with Crippen molar-refractivity contribution in [3.63, 3.8) is 0 Å². The molecule has 6 nitrogen and oxygen atoms in total. The van der Waals surface area contributed by atoms with Crippen LogP contribution in [0.3, 0.4) is 0 Å². The molecule has 0 aliphatic carbocycles. The van der Waals surface area contributed by atoms with Crippen molar-refractivity contribution in [1.82, 2.24) is 24.9 Å². The third-order valence-electron chi connectivity index (χ3n) is 3.85. The largest absolute Gasteiger partial charge is 0.341 e. The van der Waals surface area contributed by atoms with Crippen molar-refractivity contribution >= 4 is 27.5 Å². The van der Waals surface area contributed by atoms with Gasteiger partial charge in [0.2, 0.25) is 5.91 Å². The highest BCUT2D eigenvalue weighted by atomic mass is 32.1. The lowest BCUT2D eigenvalue weighted by molar-refractivity contribution is -0.134.